The van der Waals surface area contributed by atoms with Gasteiger partial charge in [-0.25, -0.2) is 0 Å². The van der Waals surface area contributed by atoms with Gasteiger partial charge in [0.15, 0.2) is 10.9 Å². The Labute approximate surface area is 214 Å². The van der Waals surface area contributed by atoms with Crippen molar-refractivity contribution in [1.82, 2.24) is 15.5 Å². The van der Waals surface area contributed by atoms with Gasteiger partial charge < -0.3 is 16.0 Å². The van der Waals surface area contributed by atoms with Crippen LogP contribution in [-0.4, -0.2) is 65.4 Å². The van der Waals surface area contributed by atoms with E-state index in [1.807, 2.05) is 6.07 Å². The molecule has 0 fully saturated rings. The van der Waals surface area contributed by atoms with Crippen LogP contribution in [0.1, 0.15) is 41.3 Å². The molecule has 0 spiro atoms. The van der Waals surface area contributed by atoms with E-state index in [2.05, 4.69) is 15.6 Å². The van der Waals surface area contributed by atoms with E-state index in [0.29, 0.717) is 16.7 Å². The quantitative estimate of drug-likeness (QED) is 0.239. The molecule has 5 N–H and O–H groups in total. The van der Waals surface area contributed by atoms with E-state index in [1.54, 1.807) is 69.6 Å². The predicted octanol–water partition coefficient (Wildman–Crippen LogP) is 1.71. The molecule has 0 saturated heterocycles. The van der Waals surface area contributed by atoms with Crippen molar-refractivity contribution in [3.05, 3.63) is 71.3 Å². The number of thioether (sulfide) groups is 1. The minimum Gasteiger partial charge on any atom is -0.369 e. The minimum absolute atomic E-state index is 0.0460. The summed E-state index contributed by atoms with van der Waals surface area (Å²) in [6.45, 7) is 2.97. The fourth-order valence-electron chi connectivity index (χ4n) is 3.02. The Kier molecular flexibility index (Phi) is 10.4. The number of carbonyl (C=O) groups excluding carboxylic acids is 4. The molecule has 0 aliphatic carbocycles. The first-order valence-corrected chi connectivity index (χ1v) is 12.0. The SMILES string of the molecule is CC(=O)N[C@@H](CSC(=O)[C@@H](C)c1cccc(C(=O)c2ccccc2)c1)C(=O)N/C(N)=N/C(=N)N(C)C. The highest BCUT2D eigenvalue weighted by molar-refractivity contribution is 8.13. The zero-order valence-electron chi connectivity index (χ0n) is 20.6. The number of nitrogens with zero attached hydrogens (tertiary/aromatic N) is 2. The topological polar surface area (TPSA) is 158 Å². The molecule has 0 bridgehead atoms. The maximum absolute atomic E-state index is 12.9. The van der Waals surface area contributed by atoms with Crippen LogP contribution in [0.3, 0.4) is 0 Å². The van der Waals surface area contributed by atoms with E-state index in [9.17, 15) is 19.2 Å². The lowest BCUT2D eigenvalue weighted by Gasteiger charge is -2.18. The third kappa shape index (κ3) is 8.35. The zero-order valence-corrected chi connectivity index (χ0v) is 21.4. The van der Waals surface area contributed by atoms with Gasteiger partial charge in [0.1, 0.15) is 6.04 Å². The van der Waals surface area contributed by atoms with E-state index >= 15 is 0 Å². The van der Waals surface area contributed by atoms with Crippen molar-refractivity contribution in [3.63, 3.8) is 0 Å². The number of nitrogens with two attached hydrogens (primary N) is 1. The third-order valence-electron chi connectivity index (χ3n) is 5.03. The van der Waals surface area contributed by atoms with Crippen LogP contribution in [0.25, 0.3) is 0 Å². The Morgan fingerprint density at radius 1 is 1.06 bits per heavy atom. The molecule has 0 aromatic heterocycles. The second-order valence-corrected chi connectivity index (χ2v) is 9.15. The molecule has 36 heavy (non-hydrogen) atoms. The van der Waals surface area contributed by atoms with Gasteiger partial charge >= 0.3 is 0 Å². The lowest BCUT2D eigenvalue weighted by Crippen LogP contribution is -2.51. The van der Waals surface area contributed by atoms with Gasteiger partial charge in [0.05, 0.1) is 5.92 Å². The Bertz CT molecular complexity index is 1170. The van der Waals surface area contributed by atoms with Crippen LogP contribution in [0.5, 0.6) is 0 Å². The summed E-state index contributed by atoms with van der Waals surface area (Å²) in [7, 11) is 3.19. The fourth-order valence-corrected chi connectivity index (χ4v) is 3.97. The predicted molar refractivity (Wildman–Crippen MR) is 141 cm³/mol. The van der Waals surface area contributed by atoms with Crippen molar-refractivity contribution in [3.8, 4) is 0 Å². The molecule has 2 aromatic carbocycles. The number of amides is 2. The van der Waals surface area contributed by atoms with Gasteiger partial charge in [-0.3, -0.25) is 29.9 Å². The summed E-state index contributed by atoms with van der Waals surface area (Å²) in [4.78, 5) is 55.0. The number of ketones is 1. The molecule has 0 heterocycles. The van der Waals surface area contributed by atoms with Gasteiger partial charge in [-0.2, -0.15) is 4.99 Å². The van der Waals surface area contributed by atoms with Crippen molar-refractivity contribution < 1.29 is 19.2 Å². The molecule has 0 radical (unpaired) electrons. The summed E-state index contributed by atoms with van der Waals surface area (Å²) in [5, 5.41) is 12.3. The van der Waals surface area contributed by atoms with Gasteiger partial charge in [-0.1, -0.05) is 67.2 Å². The fraction of sp³-hybridized carbons (Fsp3) is 0.280. The third-order valence-corrected chi connectivity index (χ3v) is 6.16. The first kappa shape index (κ1) is 28.2. The number of hydrogen-bond donors (Lipinski definition) is 4. The molecule has 2 amide bonds. The molecule has 2 aromatic rings. The lowest BCUT2D eigenvalue weighted by atomic mass is 9.96. The highest BCUT2D eigenvalue weighted by Crippen LogP contribution is 2.24. The Morgan fingerprint density at radius 2 is 1.69 bits per heavy atom. The second-order valence-electron chi connectivity index (χ2n) is 8.13. The lowest BCUT2D eigenvalue weighted by molar-refractivity contribution is -0.126. The molecular weight excluding hydrogens is 480 g/mol. The smallest absolute Gasteiger partial charge is 0.250 e. The summed E-state index contributed by atoms with van der Waals surface area (Å²) < 4.78 is 0. The van der Waals surface area contributed by atoms with Gasteiger partial charge in [-0.15, -0.1) is 0 Å². The molecule has 0 saturated carbocycles. The second kappa shape index (κ2) is 13.2. The van der Waals surface area contributed by atoms with Gasteiger partial charge in [0.25, 0.3) is 0 Å². The van der Waals surface area contributed by atoms with Crippen LogP contribution in [0.4, 0.5) is 0 Å². The van der Waals surface area contributed by atoms with Crippen molar-refractivity contribution in [2.24, 2.45) is 10.7 Å². The summed E-state index contributed by atoms with van der Waals surface area (Å²) in [6.07, 6.45) is 0. The molecule has 0 aliphatic rings. The van der Waals surface area contributed by atoms with E-state index in [4.69, 9.17) is 11.1 Å². The highest BCUT2D eigenvalue weighted by atomic mass is 32.2. The van der Waals surface area contributed by atoms with Gasteiger partial charge in [0.2, 0.25) is 23.7 Å². The molecule has 11 heteroatoms. The molecule has 2 atom stereocenters. The van der Waals surface area contributed by atoms with Crippen molar-refractivity contribution >= 4 is 46.4 Å². The van der Waals surface area contributed by atoms with Crippen molar-refractivity contribution in [2.45, 2.75) is 25.8 Å². The van der Waals surface area contributed by atoms with Crippen LogP contribution in [-0.2, 0) is 14.4 Å². The maximum atomic E-state index is 12.9. The number of rotatable bonds is 8. The van der Waals surface area contributed by atoms with Gasteiger partial charge in [-0.05, 0) is 11.6 Å². The van der Waals surface area contributed by atoms with Crippen LogP contribution in [0, 0.1) is 5.41 Å². The number of hydrogen-bond acceptors (Lipinski definition) is 6. The number of aliphatic imine (C=N–C) groups is 1. The number of nitrogens with one attached hydrogen (secondary N) is 3. The summed E-state index contributed by atoms with van der Waals surface area (Å²) >= 11 is 0.884. The monoisotopic (exact) mass is 510 g/mol. The Morgan fingerprint density at radius 3 is 2.31 bits per heavy atom. The van der Waals surface area contributed by atoms with Crippen molar-refractivity contribution in [1.29, 1.82) is 5.41 Å². The van der Waals surface area contributed by atoms with Crippen LogP contribution in [0.15, 0.2) is 59.6 Å². The normalized spacial score (nSPS) is 12.7. The van der Waals surface area contributed by atoms with Gasteiger partial charge in [0, 0.05) is 37.9 Å². The summed E-state index contributed by atoms with van der Waals surface area (Å²) in [6, 6.07) is 14.7. The molecule has 10 nitrogen and oxygen atoms in total. The number of benzene rings is 2. The summed E-state index contributed by atoms with van der Waals surface area (Å²) in [5.74, 6) is -2.36. The molecule has 190 valence electrons. The molecular formula is C25H30N6O4S. The maximum Gasteiger partial charge on any atom is 0.250 e. The Hall–Kier alpha value is -3.99. The average Bonchev–Trinajstić information content (AvgIpc) is 2.85. The standard InChI is InChI=1S/C25H30N6O4S/c1-15(18-11-8-12-19(13-18)21(33)17-9-6-5-7-10-17)23(35)36-14-20(28-16(2)32)22(34)29-24(26)30-25(27)31(3)4/h5-13,15,20H,14H2,1-4H3,(H,28,32)(H4,26,27,29,30,34)/t15-,20-/m0/s1. The summed E-state index contributed by atoms with van der Waals surface area (Å²) in [5.41, 5.74) is 7.36. The zero-order chi connectivity index (χ0) is 26.8. The molecule has 0 unspecified atom stereocenters. The average molecular weight is 511 g/mol. The van der Waals surface area contributed by atoms with Crippen LogP contribution >= 0.6 is 11.8 Å². The first-order chi connectivity index (χ1) is 17.0. The first-order valence-electron chi connectivity index (χ1n) is 11.0. The van der Waals surface area contributed by atoms with Crippen LogP contribution < -0.4 is 16.4 Å². The van der Waals surface area contributed by atoms with Crippen molar-refractivity contribution in [2.75, 3.05) is 19.8 Å². The van der Waals surface area contributed by atoms with Crippen LogP contribution in [0.2, 0.25) is 0 Å². The largest absolute Gasteiger partial charge is 0.369 e. The Balaban J connectivity index is 2.07. The highest BCUT2D eigenvalue weighted by Gasteiger charge is 2.24. The molecule has 2 rings (SSSR count). The number of guanidine groups is 2. The number of carbonyl (C=O) groups is 4. The van der Waals surface area contributed by atoms with E-state index < -0.39 is 23.8 Å². The van der Waals surface area contributed by atoms with E-state index in [1.165, 1.54) is 11.8 Å². The molecule has 0 aliphatic heterocycles. The van der Waals surface area contributed by atoms with E-state index in [-0.39, 0.29) is 28.6 Å². The van der Waals surface area contributed by atoms with E-state index in [0.717, 1.165) is 11.8 Å². The minimum atomic E-state index is -1.06.